The van der Waals surface area contributed by atoms with E-state index < -0.39 is 0 Å². The molecule has 0 aromatic carbocycles. The Kier molecular flexibility index (Phi) is 4.26. The maximum absolute atomic E-state index is 12.1. The van der Waals surface area contributed by atoms with E-state index in [1.807, 2.05) is 6.92 Å². The number of hydrogen-bond acceptors (Lipinski definition) is 6. The summed E-state index contributed by atoms with van der Waals surface area (Å²) >= 11 is 1.27. The lowest BCUT2D eigenvalue weighted by Gasteiger charge is -2.13. The number of anilines is 2. The molecule has 1 fully saturated rings. The molecule has 0 radical (unpaired) electrons. The maximum atomic E-state index is 12.1. The molecular formula is C12H20N4O2S. The van der Waals surface area contributed by atoms with Crippen LogP contribution < -0.4 is 16.4 Å². The molecule has 0 saturated heterocycles. The molecule has 0 bridgehead atoms. The highest BCUT2D eigenvalue weighted by Gasteiger charge is 2.42. The Hall–Kier alpha value is -1.34. The smallest absolute Gasteiger partial charge is 0.265 e. The molecule has 1 aromatic rings. The Balaban J connectivity index is 1.92. The lowest BCUT2D eigenvalue weighted by atomic mass is 10.0. The molecule has 1 amide bonds. The molecule has 0 spiro atoms. The molecule has 5 N–H and O–H groups in total. The van der Waals surface area contributed by atoms with Gasteiger partial charge in [0.15, 0.2) is 5.13 Å². The van der Waals surface area contributed by atoms with E-state index in [4.69, 9.17) is 10.8 Å². The number of aliphatic hydroxyl groups is 1. The van der Waals surface area contributed by atoms with Gasteiger partial charge in [-0.3, -0.25) is 4.79 Å². The number of carbonyl (C=O) groups is 1. The van der Waals surface area contributed by atoms with Gasteiger partial charge in [0.25, 0.3) is 5.91 Å². The first kappa shape index (κ1) is 14.1. The third kappa shape index (κ3) is 3.36. The first-order valence-corrected chi connectivity index (χ1v) is 7.31. The highest BCUT2D eigenvalue weighted by atomic mass is 32.1. The zero-order valence-electron chi connectivity index (χ0n) is 11.0. The third-order valence-corrected chi connectivity index (χ3v) is 4.44. The molecule has 1 aliphatic rings. The molecule has 1 aliphatic carbocycles. The first-order chi connectivity index (χ1) is 9.10. The van der Waals surface area contributed by atoms with Gasteiger partial charge in [-0.25, -0.2) is 4.98 Å². The number of rotatable bonds is 7. The van der Waals surface area contributed by atoms with E-state index >= 15 is 0 Å². The zero-order chi connectivity index (χ0) is 13.9. The SMILES string of the molecule is CCNc1nc(N)c(C(=O)NCC2(CCO)CC2)s1. The molecule has 2 rings (SSSR count). The molecule has 1 heterocycles. The van der Waals surface area contributed by atoms with Gasteiger partial charge in [-0.15, -0.1) is 0 Å². The van der Waals surface area contributed by atoms with Crippen molar-refractivity contribution in [2.75, 3.05) is 30.7 Å². The summed E-state index contributed by atoms with van der Waals surface area (Å²) in [7, 11) is 0. The second-order valence-electron chi connectivity index (χ2n) is 4.92. The van der Waals surface area contributed by atoms with Crippen molar-refractivity contribution in [1.82, 2.24) is 10.3 Å². The first-order valence-electron chi connectivity index (χ1n) is 6.49. The van der Waals surface area contributed by atoms with Crippen LogP contribution in [0.4, 0.5) is 10.9 Å². The topological polar surface area (TPSA) is 100 Å². The highest BCUT2D eigenvalue weighted by molar-refractivity contribution is 7.18. The van der Waals surface area contributed by atoms with E-state index in [1.54, 1.807) is 0 Å². The summed E-state index contributed by atoms with van der Waals surface area (Å²) < 4.78 is 0. The van der Waals surface area contributed by atoms with Gasteiger partial charge >= 0.3 is 0 Å². The number of amides is 1. The second kappa shape index (κ2) is 5.75. The summed E-state index contributed by atoms with van der Waals surface area (Å²) in [5, 5.41) is 15.6. The normalized spacial score (nSPS) is 16.1. The fourth-order valence-corrected chi connectivity index (χ4v) is 2.87. The summed E-state index contributed by atoms with van der Waals surface area (Å²) in [4.78, 5) is 16.6. The van der Waals surface area contributed by atoms with Crippen molar-refractivity contribution < 1.29 is 9.90 Å². The van der Waals surface area contributed by atoms with Crippen molar-refractivity contribution in [3.63, 3.8) is 0 Å². The molecule has 6 nitrogen and oxygen atoms in total. The number of aliphatic hydroxyl groups excluding tert-OH is 1. The molecule has 106 valence electrons. The van der Waals surface area contributed by atoms with Gasteiger partial charge in [0.1, 0.15) is 10.7 Å². The number of hydrogen-bond donors (Lipinski definition) is 4. The van der Waals surface area contributed by atoms with Crippen LogP contribution in [0.2, 0.25) is 0 Å². The van der Waals surface area contributed by atoms with Gasteiger partial charge in [-0.1, -0.05) is 11.3 Å². The Morgan fingerprint density at radius 3 is 2.89 bits per heavy atom. The minimum absolute atomic E-state index is 0.106. The molecule has 0 aliphatic heterocycles. The number of aromatic nitrogens is 1. The van der Waals surface area contributed by atoms with Crippen molar-refractivity contribution in [1.29, 1.82) is 0 Å². The van der Waals surface area contributed by atoms with Crippen LogP contribution in [0, 0.1) is 5.41 Å². The van der Waals surface area contributed by atoms with Crippen molar-refractivity contribution in [2.24, 2.45) is 5.41 Å². The molecule has 0 unspecified atom stereocenters. The van der Waals surface area contributed by atoms with Crippen LogP contribution in [0.1, 0.15) is 35.9 Å². The monoisotopic (exact) mass is 284 g/mol. The Morgan fingerprint density at radius 2 is 2.32 bits per heavy atom. The summed E-state index contributed by atoms with van der Waals surface area (Å²) in [6, 6.07) is 0. The maximum Gasteiger partial charge on any atom is 0.265 e. The predicted octanol–water partition coefficient (Wildman–Crippen LogP) is 1.05. The van der Waals surface area contributed by atoms with Crippen LogP contribution in [-0.4, -0.2) is 35.7 Å². The largest absolute Gasteiger partial charge is 0.396 e. The number of nitrogens with two attached hydrogens (primary N) is 1. The van der Waals surface area contributed by atoms with Crippen molar-refractivity contribution in [3.8, 4) is 0 Å². The zero-order valence-corrected chi connectivity index (χ0v) is 11.8. The van der Waals surface area contributed by atoms with Crippen LogP contribution in [0.5, 0.6) is 0 Å². The van der Waals surface area contributed by atoms with Crippen LogP contribution in [-0.2, 0) is 0 Å². The van der Waals surface area contributed by atoms with E-state index in [1.165, 1.54) is 11.3 Å². The molecule has 1 aromatic heterocycles. The second-order valence-corrected chi connectivity index (χ2v) is 5.92. The Bertz CT molecular complexity index is 457. The minimum atomic E-state index is -0.177. The summed E-state index contributed by atoms with van der Waals surface area (Å²) in [6.07, 6.45) is 2.87. The fourth-order valence-electron chi connectivity index (χ4n) is 2.00. The van der Waals surface area contributed by atoms with Gasteiger partial charge in [-0.2, -0.15) is 0 Å². The standard InChI is InChI=1S/C12H20N4O2S/c1-2-14-11-16-9(13)8(19-11)10(18)15-7-12(3-4-12)5-6-17/h17H,2-7,13H2,1H3,(H,14,16)(H,15,18). The van der Waals surface area contributed by atoms with E-state index in [0.29, 0.717) is 16.6 Å². The summed E-state index contributed by atoms with van der Waals surface area (Å²) in [5.41, 5.74) is 5.85. The number of thiazole rings is 1. The third-order valence-electron chi connectivity index (χ3n) is 3.41. The van der Waals surface area contributed by atoms with Gasteiger partial charge in [0.05, 0.1) is 0 Å². The van der Waals surface area contributed by atoms with E-state index in [0.717, 1.165) is 25.8 Å². The molecule has 0 atom stereocenters. The fraction of sp³-hybridized carbons (Fsp3) is 0.667. The van der Waals surface area contributed by atoms with Crippen LogP contribution in [0.3, 0.4) is 0 Å². The lowest BCUT2D eigenvalue weighted by Crippen LogP contribution is -2.30. The van der Waals surface area contributed by atoms with Crippen molar-refractivity contribution in [2.45, 2.75) is 26.2 Å². The molecular weight excluding hydrogens is 264 g/mol. The van der Waals surface area contributed by atoms with Crippen LogP contribution in [0.25, 0.3) is 0 Å². The van der Waals surface area contributed by atoms with E-state index in [-0.39, 0.29) is 23.7 Å². The highest BCUT2D eigenvalue weighted by Crippen LogP contribution is 2.47. The van der Waals surface area contributed by atoms with E-state index in [2.05, 4.69) is 15.6 Å². The summed E-state index contributed by atoms with van der Waals surface area (Å²) in [5.74, 6) is 0.0915. The van der Waals surface area contributed by atoms with Gasteiger partial charge < -0.3 is 21.5 Å². The summed E-state index contributed by atoms with van der Waals surface area (Å²) in [6.45, 7) is 3.47. The number of nitrogens with zero attached hydrogens (tertiary/aromatic N) is 1. The van der Waals surface area contributed by atoms with Crippen LogP contribution >= 0.6 is 11.3 Å². The lowest BCUT2D eigenvalue weighted by molar-refractivity contribution is 0.0945. The Labute approximate surface area is 116 Å². The van der Waals surface area contributed by atoms with Gasteiger partial charge in [0.2, 0.25) is 0 Å². The average molecular weight is 284 g/mol. The Morgan fingerprint density at radius 1 is 1.58 bits per heavy atom. The van der Waals surface area contributed by atoms with Crippen molar-refractivity contribution in [3.05, 3.63) is 4.88 Å². The number of nitrogens with one attached hydrogen (secondary N) is 2. The number of nitrogen functional groups attached to an aromatic ring is 1. The predicted molar refractivity (Wildman–Crippen MR) is 76.4 cm³/mol. The van der Waals surface area contributed by atoms with Gasteiger partial charge in [-0.05, 0) is 31.6 Å². The quantitative estimate of drug-likeness (QED) is 0.599. The van der Waals surface area contributed by atoms with Crippen molar-refractivity contribution >= 4 is 28.2 Å². The average Bonchev–Trinajstić information content (AvgIpc) is 3.04. The minimum Gasteiger partial charge on any atom is -0.396 e. The molecule has 7 heteroatoms. The molecule has 1 saturated carbocycles. The number of carbonyl (C=O) groups excluding carboxylic acids is 1. The molecule has 19 heavy (non-hydrogen) atoms. The van der Waals surface area contributed by atoms with Crippen LogP contribution in [0.15, 0.2) is 0 Å². The van der Waals surface area contributed by atoms with Gasteiger partial charge in [0, 0.05) is 19.7 Å². The van der Waals surface area contributed by atoms with E-state index in [9.17, 15) is 4.79 Å².